The number of phosphoric ester groups is 1. The van der Waals surface area contributed by atoms with Crippen molar-refractivity contribution < 1.29 is 32.9 Å². The fourth-order valence-electron chi connectivity index (χ4n) is 8.90. The van der Waals surface area contributed by atoms with E-state index in [-0.39, 0.29) is 12.5 Å². The first kappa shape index (κ1) is 73.4. The number of hydrogen-bond acceptors (Lipinski definition) is 6. The maximum absolute atomic E-state index is 13.0. The molecule has 0 fully saturated rings. The van der Waals surface area contributed by atoms with E-state index in [9.17, 15) is 19.4 Å². The number of unbranched alkanes of at least 4 members (excludes halogenated alkanes) is 30. The predicted molar refractivity (Wildman–Crippen MR) is 329 cm³/mol. The van der Waals surface area contributed by atoms with Gasteiger partial charge in [0.1, 0.15) is 13.2 Å². The number of likely N-dealkylation sites (N-methyl/N-ethyl adjacent to an activating group) is 1. The summed E-state index contributed by atoms with van der Waals surface area (Å²) >= 11 is 0. The van der Waals surface area contributed by atoms with Gasteiger partial charge in [0.05, 0.1) is 39.9 Å². The minimum absolute atomic E-state index is 0.00994. The zero-order valence-corrected chi connectivity index (χ0v) is 51.1. The van der Waals surface area contributed by atoms with Crippen molar-refractivity contribution in [2.45, 2.75) is 283 Å². The Bertz CT molecular complexity index is 1560. The molecule has 1 amide bonds. The Kier molecular flexibility index (Phi) is 55.2. The van der Waals surface area contributed by atoms with Crippen molar-refractivity contribution in [3.63, 3.8) is 0 Å². The lowest BCUT2D eigenvalue weighted by molar-refractivity contribution is -0.870. The van der Waals surface area contributed by atoms with Crippen LogP contribution in [-0.4, -0.2) is 68.5 Å². The van der Waals surface area contributed by atoms with E-state index in [1.807, 2.05) is 27.2 Å². The molecule has 9 heteroatoms. The smallest absolute Gasteiger partial charge is 0.268 e. The quantitative estimate of drug-likeness (QED) is 0.0272. The zero-order valence-electron chi connectivity index (χ0n) is 50.2. The Morgan fingerprint density at radius 2 is 0.803 bits per heavy atom. The highest BCUT2D eigenvalue weighted by atomic mass is 31.2. The Hall–Kier alpha value is -2.58. The van der Waals surface area contributed by atoms with E-state index in [0.717, 1.165) is 103 Å². The molecule has 3 unspecified atom stereocenters. The third kappa shape index (κ3) is 59.1. The van der Waals surface area contributed by atoms with Crippen LogP contribution in [0.5, 0.6) is 0 Å². The molecular formula is C67H121N2O6P. The highest BCUT2D eigenvalue weighted by Crippen LogP contribution is 2.38. The molecule has 2 N–H and O–H groups in total. The summed E-state index contributed by atoms with van der Waals surface area (Å²) in [6.07, 6.45) is 82.1. The molecule has 440 valence electrons. The van der Waals surface area contributed by atoms with Gasteiger partial charge in [-0.3, -0.25) is 9.36 Å². The maximum Gasteiger partial charge on any atom is 0.268 e. The molecule has 0 radical (unpaired) electrons. The predicted octanol–water partition coefficient (Wildman–Crippen LogP) is 19.1. The normalized spacial score (nSPS) is 14.5. The van der Waals surface area contributed by atoms with Crippen molar-refractivity contribution >= 4 is 13.7 Å². The van der Waals surface area contributed by atoms with Gasteiger partial charge in [-0.1, -0.05) is 284 Å². The van der Waals surface area contributed by atoms with Gasteiger partial charge in [0, 0.05) is 6.42 Å². The van der Waals surface area contributed by atoms with Gasteiger partial charge >= 0.3 is 0 Å². The van der Waals surface area contributed by atoms with Crippen molar-refractivity contribution in [1.82, 2.24) is 5.32 Å². The highest BCUT2D eigenvalue weighted by molar-refractivity contribution is 7.45. The number of quaternary nitrogens is 1. The molecule has 76 heavy (non-hydrogen) atoms. The number of carbonyl (C=O) groups is 1. The Morgan fingerprint density at radius 3 is 1.17 bits per heavy atom. The second-order valence-corrected chi connectivity index (χ2v) is 23.8. The van der Waals surface area contributed by atoms with E-state index in [2.05, 4.69) is 104 Å². The number of aliphatic hydroxyl groups excluding tert-OH is 1. The largest absolute Gasteiger partial charge is 0.756 e. The van der Waals surface area contributed by atoms with Crippen LogP contribution in [0.4, 0.5) is 0 Å². The van der Waals surface area contributed by atoms with Gasteiger partial charge in [-0.15, -0.1) is 0 Å². The Balaban J connectivity index is 4.23. The van der Waals surface area contributed by atoms with Crippen LogP contribution >= 0.6 is 7.82 Å². The number of hydrogen-bond donors (Lipinski definition) is 2. The van der Waals surface area contributed by atoms with Crippen molar-refractivity contribution in [3.05, 3.63) is 97.2 Å². The minimum Gasteiger partial charge on any atom is -0.756 e. The molecular weight excluding hydrogens is 960 g/mol. The third-order valence-electron chi connectivity index (χ3n) is 13.8. The molecule has 0 spiro atoms. The van der Waals surface area contributed by atoms with E-state index in [1.165, 1.54) is 148 Å². The van der Waals surface area contributed by atoms with E-state index in [0.29, 0.717) is 17.4 Å². The fraction of sp³-hybridized carbons (Fsp3) is 0.746. The van der Waals surface area contributed by atoms with Gasteiger partial charge in [0.25, 0.3) is 7.82 Å². The van der Waals surface area contributed by atoms with Crippen LogP contribution in [0.1, 0.15) is 271 Å². The van der Waals surface area contributed by atoms with Crippen LogP contribution in [0.2, 0.25) is 0 Å². The summed E-state index contributed by atoms with van der Waals surface area (Å²) in [4.78, 5) is 25.6. The Morgan fingerprint density at radius 1 is 0.474 bits per heavy atom. The second kappa shape index (κ2) is 57.1. The summed E-state index contributed by atoms with van der Waals surface area (Å²) in [5.74, 6) is -0.217. The van der Waals surface area contributed by atoms with Crippen LogP contribution in [-0.2, 0) is 18.4 Å². The SMILES string of the molecule is CC/C=C\C/C=C\C/C=C\C/C=C\C/C=C\C/C=C\C/C=C\CCCCCCCC(=O)NC(COP(=O)([O-])OCC[N+](C)(C)C)C(O)/C=C/CCCCCCCCCCCCCCCCCCCCCCCCCCC. The highest BCUT2D eigenvalue weighted by Gasteiger charge is 2.23. The summed E-state index contributed by atoms with van der Waals surface area (Å²) in [5.41, 5.74) is 0. The van der Waals surface area contributed by atoms with Gasteiger partial charge in [-0.25, -0.2) is 0 Å². The van der Waals surface area contributed by atoms with Crippen LogP contribution in [0.25, 0.3) is 0 Å². The lowest BCUT2D eigenvalue weighted by Crippen LogP contribution is -2.45. The number of nitrogens with one attached hydrogen (secondary N) is 1. The van der Waals surface area contributed by atoms with Gasteiger partial charge in [0.15, 0.2) is 0 Å². The first-order valence-corrected chi connectivity index (χ1v) is 33.1. The van der Waals surface area contributed by atoms with Crippen LogP contribution in [0.15, 0.2) is 97.2 Å². The minimum atomic E-state index is -4.61. The summed E-state index contributed by atoms with van der Waals surface area (Å²) < 4.78 is 23.4. The molecule has 0 rings (SSSR count). The van der Waals surface area contributed by atoms with Crippen molar-refractivity contribution in [2.24, 2.45) is 0 Å². The molecule has 0 saturated carbocycles. The van der Waals surface area contributed by atoms with E-state index < -0.39 is 26.6 Å². The fourth-order valence-corrected chi connectivity index (χ4v) is 9.62. The standard InChI is InChI=1S/C67H121N2O6P/c1-6-8-10-12-14-16-18-20-22-24-26-28-30-32-34-36-38-40-42-44-46-48-50-52-54-56-58-60-66(70)65(64-75-76(72,73)74-63-62-69(3,4)5)68-67(71)61-59-57-55-53-51-49-47-45-43-41-39-37-35-33-31-29-27-25-23-21-19-17-15-13-11-9-7-2/h9,11,15,17,21,23,27,29,33,35,39,41,45,47,58,60,65-66,70H,6-8,10,12-14,16,18-20,22,24-26,28,30-32,34,36-38,40,42-44,46,48-57,59,61-64H2,1-5H3,(H-,68,71,72,73)/b11-9-,17-15-,23-21-,29-27-,35-33-,41-39-,47-45-,60-58+. The summed E-state index contributed by atoms with van der Waals surface area (Å²) in [6, 6.07) is -0.906. The summed E-state index contributed by atoms with van der Waals surface area (Å²) in [5, 5.41) is 13.9. The molecule has 0 saturated heterocycles. The molecule has 3 atom stereocenters. The molecule has 0 heterocycles. The average Bonchev–Trinajstić information content (AvgIpc) is 3.38. The molecule has 0 aliphatic rings. The van der Waals surface area contributed by atoms with Gasteiger partial charge in [-0.05, 0) is 77.0 Å². The van der Waals surface area contributed by atoms with Crippen LogP contribution < -0.4 is 10.2 Å². The van der Waals surface area contributed by atoms with Crippen LogP contribution in [0.3, 0.4) is 0 Å². The summed E-state index contributed by atoms with van der Waals surface area (Å²) in [6.45, 7) is 4.54. The number of nitrogens with zero attached hydrogens (tertiary/aromatic N) is 1. The monoisotopic (exact) mass is 1080 g/mol. The number of carbonyl (C=O) groups excluding carboxylic acids is 1. The number of phosphoric acid groups is 1. The molecule has 8 nitrogen and oxygen atoms in total. The summed E-state index contributed by atoms with van der Waals surface area (Å²) in [7, 11) is 1.24. The first-order chi connectivity index (χ1) is 37.0. The number of allylic oxidation sites excluding steroid dienone is 15. The molecule has 0 aliphatic carbocycles. The third-order valence-corrected chi connectivity index (χ3v) is 14.8. The molecule has 0 aromatic carbocycles. The number of amides is 1. The van der Waals surface area contributed by atoms with Crippen molar-refractivity contribution in [2.75, 3.05) is 40.9 Å². The van der Waals surface area contributed by atoms with E-state index >= 15 is 0 Å². The zero-order chi connectivity index (χ0) is 55.6. The maximum atomic E-state index is 13.0. The first-order valence-electron chi connectivity index (χ1n) is 31.6. The van der Waals surface area contributed by atoms with Crippen molar-refractivity contribution in [3.8, 4) is 0 Å². The molecule has 0 aromatic rings. The lowest BCUT2D eigenvalue weighted by Gasteiger charge is -2.29. The number of aliphatic hydroxyl groups is 1. The molecule has 0 bridgehead atoms. The van der Waals surface area contributed by atoms with Crippen LogP contribution in [0, 0.1) is 0 Å². The van der Waals surface area contributed by atoms with Crippen molar-refractivity contribution in [1.29, 1.82) is 0 Å². The second-order valence-electron chi connectivity index (χ2n) is 22.4. The topological polar surface area (TPSA) is 108 Å². The van der Waals surface area contributed by atoms with Gasteiger partial charge in [0.2, 0.25) is 5.91 Å². The van der Waals surface area contributed by atoms with E-state index in [4.69, 9.17) is 9.05 Å². The number of rotatable bonds is 57. The molecule has 0 aliphatic heterocycles. The van der Waals surface area contributed by atoms with Gasteiger partial charge < -0.3 is 28.8 Å². The average molecular weight is 1080 g/mol. The molecule has 0 aromatic heterocycles. The van der Waals surface area contributed by atoms with Gasteiger partial charge in [-0.2, -0.15) is 0 Å². The lowest BCUT2D eigenvalue weighted by atomic mass is 10.0. The van der Waals surface area contributed by atoms with E-state index in [1.54, 1.807) is 6.08 Å². The Labute approximate surface area is 470 Å².